The Morgan fingerprint density at radius 3 is 3.00 bits per heavy atom. The van der Waals surface area contributed by atoms with Crippen molar-refractivity contribution >= 4 is 22.7 Å². The largest absolute Gasteiger partial charge is 0.428 e. The van der Waals surface area contributed by atoms with E-state index in [4.69, 9.17) is 21.8 Å². The summed E-state index contributed by atoms with van der Waals surface area (Å²) < 4.78 is 5.21. The number of hydrogen-bond acceptors (Lipinski definition) is 3. The van der Waals surface area contributed by atoms with Crippen LogP contribution in [0.2, 0.25) is 5.35 Å². The lowest BCUT2D eigenvalue weighted by Gasteiger charge is -2.07. The van der Waals surface area contributed by atoms with Crippen LogP contribution in [-0.4, -0.2) is 10.5 Å². The summed E-state index contributed by atoms with van der Waals surface area (Å²) in [4.78, 5) is 4.10. The van der Waals surface area contributed by atoms with E-state index in [9.17, 15) is 0 Å². The molecule has 16 heavy (non-hydrogen) atoms. The minimum atomic E-state index is 0.108. The van der Waals surface area contributed by atoms with Gasteiger partial charge in [0.05, 0.1) is 0 Å². The van der Waals surface area contributed by atoms with Gasteiger partial charge in [-0.3, -0.25) is 0 Å². The van der Waals surface area contributed by atoms with E-state index in [1.165, 1.54) is 5.56 Å². The summed E-state index contributed by atoms with van der Waals surface area (Å²) in [5.41, 5.74) is 8.97. The average molecular weight is 237 g/mol. The van der Waals surface area contributed by atoms with E-state index >= 15 is 0 Å². The van der Waals surface area contributed by atoms with Crippen LogP contribution in [0.5, 0.6) is 0 Å². The molecular weight excluding hydrogens is 224 g/mol. The zero-order valence-corrected chi connectivity index (χ0v) is 9.63. The van der Waals surface area contributed by atoms with Gasteiger partial charge in [0.15, 0.2) is 5.58 Å². The molecule has 1 aliphatic rings. The van der Waals surface area contributed by atoms with Gasteiger partial charge in [-0.1, -0.05) is 6.07 Å². The van der Waals surface area contributed by atoms with Crippen molar-refractivity contribution in [1.29, 1.82) is 0 Å². The first-order valence-electron chi connectivity index (χ1n) is 5.49. The second-order valence-electron chi connectivity index (χ2n) is 4.63. The summed E-state index contributed by atoms with van der Waals surface area (Å²) in [6, 6.07) is 5.99. The monoisotopic (exact) mass is 236 g/mol. The number of oxazole rings is 1. The number of halogens is 1. The molecule has 2 aromatic rings. The standard InChI is InChI=1S/C12H13ClN2O/c13-11-15-9-7-8(1-2-10(9)16-11)3-4-12(14)5-6-12/h1-2,7H,3-6,14H2. The number of hydrogen-bond donors (Lipinski definition) is 1. The molecule has 0 aliphatic heterocycles. The maximum absolute atomic E-state index is 6.06. The molecule has 0 radical (unpaired) electrons. The van der Waals surface area contributed by atoms with E-state index in [-0.39, 0.29) is 10.9 Å². The van der Waals surface area contributed by atoms with Crippen LogP contribution < -0.4 is 5.73 Å². The third-order valence-electron chi connectivity index (χ3n) is 3.23. The first kappa shape index (κ1) is 10.1. The van der Waals surface area contributed by atoms with E-state index in [0.717, 1.165) is 36.8 Å². The number of fused-ring (bicyclic) bond motifs is 1. The van der Waals surface area contributed by atoms with E-state index in [2.05, 4.69) is 11.1 Å². The van der Waals surface area contributed by atoms with Gasteiger partial charge < -0.3 is 10.2 Å². The highest BCUT2D eigenvalue weighted by Gasteiger charge is 2.37. The first-order chi connectivity index (χ1) is 7.65. The number of aromatic nitrogens is 1. The summed E-state index contributed by atoms with van der Waals surface area (Å²) in [6.07, 6.45) is 4.36. The quantitative estimate of drug-likeness (QED) is 0.892. The molecule has 1 aromatic heterocycles. The van der Waals surface area contributed by atoms with Gasteiger partial charge in [-0.05, 0) is 55.0 Å². The zero-order valence-electron chi connectivity index (χ0n) is 8.87. The molecule has 1 heterocycles. The molecule has 3 rings (SSSR count). The van der Waals surface area contributed by atoms with Gasteiger partial charge >= 0.3 is 0 Å². The molecule has 2 N–H and O–H groups in total. The predicted octanol–water partition coefficient (Wildman–Crippen LogP) is 2.91. The molecule has 84 valence electrons. The predicted molar refractivity (Wildman–Crippen MR) is 63.5 cm³/mol. The normalized spacial score (nSPS) is 17.9. The second-order valence-corrected chi connectivity index (χ2v) is 4.95. The van der Waals surface area contributed by atoms with Crippen LogP contribution in [0.1, 0.15) is 24.8 Å². The lowest BCUT2D eigenvalue weighted by Crippen LogP contribution is -2.22. The van der Waals surface area contributed by atoms with Crippen molar-refractivity contribution in [2.75, 3.05) is 0 Å². The van der Waals surface area contributed by atoms with E-state index in [1.807, 2.05) is 12.1 Å². The molecule has 0 spiro atoms. The van der Waals surface area contributed by atoms with Crippen LogP contribution >= 0.6 is 11.6 Å². The van der Waals surface area contributed by atoms with Crippen molar-refractivity contribution in [3.05, 3.63) is 29.1 Å². The van der Waals surface area contributed by atoms with Gasteiger partial charge in [0.2, 0.25) is 0 Å². The number of benzene rings is 1. The van der Waals surface area contributed by atoms with Gasteiger partial charge in [-0.25, -0.2) is 0 Å². The van der Waals surface area contributed by atoms with Crippen LogP contribution in [0.3, 0.4) is 0 Å². The zero-order chi connectivity index (χ0) is 11.2. The molecule has 3 nitrogen and oxygen atoms in total. The lowest BCUT2D eigenvalue weighted by molar-refractivity contribution is 0.603. The highest BCUT2D eigenvalue weighted by molar-refractivity contribution is 6.28. The molecule has 0 atom stereocenters. The van der Waals surface area contributed by atoms with Crippen molar-refractivity contribution < 1.29 is 4.42 Å². The fourth-order valence-electron chi connectivity index (χ4n) is 1.90. The Balaban J connectivity index is 1.81. The molecule has 0 amide bonds. The number of nitrogens with two attached hydrogens (primary N) is 1. The molecule has 1 aliphatic carbocycles. The van der Waals surface area contributed by atoms with Crippen LogP contribution in [0, 0.1) is 0 Å². The van der Waals surface area contributed by atoms with Crippen LogP contribution in [0.15, 0.2) is 22.6 Å². The molecule has 0 unspecified atom stereocenters. The molecule has 1 saturated carbocycles. The minimum Gasteiger partial charge on any atom is -0.428 e. The number of rotatable bonds is 3. The minimum absolute atomic E-state index is 0.108. The van der Waals surface area contributed by atoms with E-state index < -0.39 is 0 Å². The first-order valence-corrected chi connectivity index (χ1v) is 5.86. The fourth-order valence-corrected chi connectivity index (χ4v) is 2.08. The van der Waals surface area contributed by atoms with E-state index in [1.54, 1.807) is 0 Å². The summed E-state index contributed by atoms with van der Waals surface area (Å²) in [5.74, 6) is 0. The molecule has 0 bridgehead atoms. The Labute approximate surface area is 98.6 Å². The van der Waals surface area contributed by atoms with Crippen molar-refractivity contribution in [3.8, 4) is 0 Å². The third-order valence-corrected chi connectivity index (χ3v) is 3.39. The average Bonchev–Trinajstić information content (AvgIpc) is 2.87. The molecule has 4 heteroatoms. The third kappa shape index (κ3) is 1.93. The highest BCUT2D eigenvalue weighted by atomic mass is 35.5. The van der Waals surface area contributed by atoms with Crippen LogP contribution in [0.4, 0.5) is 0 Å². The summed E-state index contributed by atoms with van der Waals surface area (Å²) in [7, 11) is 0. The Bertz CT molecular complexity index is 531. The number of nitrogens with zero attached hydrogens (tertiary/aromatic N) is 1. The maximum atomic E-state index is 6.06. The molecule has 0 saturated heterocycles. The van der Waals surface area contributed by atoms with Gasteiger partial charge in [0.25, 0.3) is 5.35 Å². The Kier molecular flexibility index (Phi) is 2.19. The molecule has 1 aromatic carbocycles. The van der Waals surface area contributed by atoms with Gasteiger partial charge in [0, 0.05) is 5.54 Å². The second kappa shape index (κ2) is 3.47. The number of aryl methyl sites for hydroxylation is 1. The van der Waals surface area contributed by atoms with Crippen molar-refractivity contribution in [2.45, 2.75) is 31.2 Å². The smallest absolute Gasteiger partial charge is 0.293 e. The summed E-state index contributed by atoms with van der Waals surface area (Å²) in [6.45, 7) is 0. The highest BCUT2D eigenvalue weighted by Crippen LogP contribution is 2.36. The van der Waals surface area contributed by atoms with Crippen molar-refractivity contribution in [3.63, 3.8) is 0 Å². The maximum Gasteiger partial charge on any atom is 0.293 e. The van der Waals surface area contributed by atoms with Crippen molar-refractivity contribution in [2.24, 2.45) is 5.73 Å². The van der Waals surface area contributed by atoms with Gasteiger partial charge in [-0.2, -0.15) is 4.98 Å². The van der Waals surface area contributed by atoms with Gasteiger partial charge in [0.1, 0.15) is 5.52 Å². The summed E-state index contributed by atoms with van der Waals surface area (Å²) >= 11 is 5.70. The fraction of sp³-hybridized carbons (Fsp3) is 0.417. The lowest BCUT2D eigenvalue weighted by atomic mass is 10.0. The van der Waals surface area contributed by atoms with Gasteiger partial charge in [-0.15, -0.1) is 0 Å². The SMILES string of the molecule is NC1(CCc2ccc3oc(Cl)nc3c2)CC1. The van der Waals surface area contributed by atoms with Crippen LogP contribution in [-0.2, 0) is 6.42 Å². The van der Waals surface area contributed by atoms with Crippen molar-refractivity contribution in [1.82, 2.24) is 4.98 Å². The van der Waals surface area contributed by atoms with E-state index in [0.29, 0.717) is 0 Å². The summed E-state index contributed by atoms with van der Waals surface area (Å²) in [5, 5.41) is 0.199. The molecular formula is C12H13ClN2O. The Hall–Kier alpha value is -1.06. The topological polar surface area (TPSA) is 52.0 Å². The Morgan fingerprint density at radius 2 is 2.25 bits per heavy atom. The molecule has 1 fully saturated rings. The van der Waals surface area contributed by atoms with Crippen LogP contribution in [0.25, 0.3) is 11.1 Å². The Morgan fingerprint density at radius 1 is 1.44 bits per heavy atom.